The van der Waals surface area contributed by atoms with Crippen molar-refractivity contribution in [3.63, 3.8) is 0 Å². The van der Waals surface area contributed by atoms with Gasteiger partial charge in [0.05, 0.1) is 6.04 Å². The van der Waals surface area contributed by atoms with Gasteiger partial charge in [0.1, 0.15) is 11.5 Å². The van der Waals surface area contributed by atoms with E-state index in [-0.39, 0.29) is 0 Å². The van der Waals surface area contributed by atoms with Crippen LogP contribution in [0.25, 0.3) is 0 Å². The molecule has 0 unspecified atom stereocenters. The van der Waals surface area contributed by atoms with E-state index in [4.69, 9.17) is 4.52 Å². The third kappa shape index (κ3) is 3.93. The second kappa shape index (κ2) is 7.75. The lowest BCUT2D eigenvalue weighted by Gasteiger charge is -2.22. The van der Waals surface area contributed by atoms with Crippen molar-refractivity contribution in [2.24, 2.45) is 0 Å². The fraction of sp³-hybridized carbons (Fsp3) is 0.611. The van der Waals surface area contributed by atoms with Gasteiger partial charge in [0, 0.05) is 43.0 Å². The van der Waals surface area contributed by atoms with Crippen molar-refractivity contribution >= 4 is 5.95 Å². The standard InChI is InChI=1S/C18H27N5O/c1-4-7-19-18-20-10-14(11-21-18)12-23-8-5-6-16(23)15-9-17(13(2)3)24-22-15/h9-11,13,16H,4-8,12H2,1-3H3,(H,19,20,21)/t16-/m0/s1. The first-order chi connectivity index (χ1) is 11.7. The Labute approximate surface area is 143 Å². The SMILES string of the molecule is CCCNc1ncc(CN2CCC[C@H]2c2cc(C(C)C)on2)cn1. The van der Waals surface area contributed by atoms with E-state index in [1.54, 1.807) is 0 Å². The van der Waals surface area contributed by atoms with Crippen LogP contribution in [0.5, 0.6) is 0 Å². The summed E-state index contributed by atoms with van der Waals surface area (Å²) in [6.07, 6.45) is 7.22. The topological polar surface area (TPSA) is 67.1 Å². The Morgan fingerprint density at radius 1 is 1.33 bits per heavy atom. The first-order valence-corrected chi connectivity index (χ1v) is 8.92. The van der Waals surface area contributed by atoms with Crippen LogP contribution < -0.4 is 5.32 Å². The Kier molecular flexibility index (Phi) is 5.45. The van der Waals surface area contributed by atoms with Crippen molar-refractivity contribution in [3.05, 3.63) is 35.5 Å². The average molecular weight is 329 g/mol. The molecule has 0 amide bonds. The third-order valence-corrected chi connectivity index (χ3v) is 4.44. The Hall–Kier alpha value is -1.95. The van der Waals surface area contributed by atoms with E-state index in [2.05, 4.69) is 52.2 Å². The summed E-state index contributed by atoms with van der Waals surface area (Å²) in [5.41, 5.74) is 2.19. The molecule has 1 aliphatic rings. The van der Waals surface area contributed by atoms with Gasteiger partial charge >= 0.3 is 0 Å². The Morgan fingerprint density at radius 2 is 2.12 bits per heavy atom. The molecule has 0 aromatic carbocycles. The Morgan fingerprint density at radius 3 is 2.79 bits per heavy atom. The van der Waals surface area contributed by atoms with Gasteiger partial charge in [-0.05, 0) is 25.8 Å². The van der Waals surface area contributed by atoms with E-state index < -0.39 is 0 Å². The van der Waals surface area contributed by atoms with E-state index in [1.165, 1.54) is 6.42 Å². The molecule has 0 aliphatic carbocycles. The monoisotopic (exact) mass is 329 g/mol. The zero-order valence-electron chi connectivity index (χ0n) is 14.8. The van der Waals surface area contributed by atoms with E-state index >= 15 is 0 Å². The highest BCUT2D eigenvalue weighted by Gasteiger charge is 2.29. The molecular weight excluding hydrogens is 302 g/mol. The zero-order valence-corrected chi connectivity index (χ0v) is 14.8. The van der Waals surface area contributed by atoms with Crippen molar-refractivity contribution in [1.29, 1.82) is 0 Å². The average Bonchev–Trinajstić information content (AvgIpc) is 3.23. The van der Waals surface area contributed by atoms with Crippen molar-refractivity contribution < 1.29 is 4.52 Å². The van der Waals surface area contributed by atoms with Crippen LogP contribution in [0.1, 0.15) is 69.0 Å². The smallest absolute Gasteiger partial charge is 0.222 e. The van der Waals surface area contributed by atoms with Gasteiger partial charge in [0.2, 0.25) is 5.95 Å². The number of rotatable bonds is 7. The van der Waals surface area contributed by atoms with Crippen LogP contribution in [0.15, 0.2) is 23.0 Å². The summed E-state index contributed by atoms with van der Waals surface area (Å²) in [7, 11) is 0. The number of nitrogens with one attached hydrogen (secondary N) is 1. The lowest BCUT2D eigenvalue weighted by Crippen LogP contribution is -2.23. The summed E-state index contributed by atoms with van der Waals surface area (Å²) >= 11 is 0. The largest absolute Gasteiger partial charge is 0.361 e. The fourth-order valence-electron chi connectivity index (χ4n) is 3.08. The highest BCUT2D eigenvalue weighted by molar-refractivity contribution is 5.24. The van der Waals surface area contributed by atoms with Crippen molar-refractivity contribution in [3.8, 4) is 0 Å². The Bertz CT molecular complexity index is 637. The number of aromatic nitrogens is 3. The molecule has 0 spiro atoms. The molecule has 0 saturated carbocycles. The van der Waals surface area contributed by atoms with Crippen LogP contribution in [0, 0.1) is 0 Å². The first kappa shape index (κ1) is 16.9. The second-order valence-electron chi connectivity index (χ2n) is 6.78. The minimum atomic E-state index is 0.333. The molecule has 0 bridgehead atoms. The first-order valence-electron chi connectivity index (χ1n) is 8.92. The molecule has 1 fully saturated rings. The van der Waals surface area contributed by atoms with Gasteiger partial charge in [-0.25, -0.2) is 9.97 Å². The van der Waals surface area contributed by atoms with Gasteiger partial charge in [-0.15, -0.1) is 0 Å². The number of anilines is 1. The fourth-order valence-corrected chi connectivity index (χ4v) is 3.08. The van der Waals surface area contributed by atoms with Gasteiger partial charge in [0.15, 0.2) is 0 Å². The lowest BCUT2D eigenvalue weighted by atomic mass is 10.1. The summed E-state index contributed by atoms with van der Waals surface area (Å²) in [4.78, 5) is 11.2. The maximum atomic E-state index is 5.48. The predicted molar refractivity (Wildman–Crippen MR) is 93.8 cm³/mol. The van der Waals surface area contributed by atoms with Crippen LogP contribution in [0.2, 0.25) is 0 Å². The van der Waals surface area contributed by atoms with Gasteiger partial charge in [-0.2, -0.15) is 0 Å². The van der Waals surface area contributed by atoms with Crippen LogP contribution in [-0.2, 0) is 6.54 Å². The summed E-state index contributed by atoms with van der Waals surface area (Å²) in [5.74, 6) is 2.04. The maximum absolute atomic E-state index is 5.48. The van der Waals surface area contributed by atoms with Gasteiger partial charge in [-0.1, -0.05) is 25.9 Å². The zero-order chi connectivity index (χ0) is 16.9. The number of likely N-dealkylation sites (tertiary alicyclic amines) is 1. The number of nitrogens with zero attached hydrogens (tertiary/aromatic N) is 4. The highest BCUT2D eigenvalue weighted by Crippen LogP contribution is 2.33. The molecule has 1 saturated heterocycles. The minimum Gasteiger partial charge on any atom is -0.361 e. The summed E-state index contributed by atoms with van der Waals surface area (Å²) in [6, 6.07) is 2.45. The molecule has 6 heteroatoms. The summed E-state index contributed by atoms with van der Waals surface area (Å²) in [6.45, 7) is 9.21. The predicted octanol–water partition coefficient (Wildman–Crippen LogP) is 3.75. The molecule has 2 aromatic rings. The molecule has 6 nitrogen and oxygen atoms in total. The van der Waals surface area contributed by atoms with Crippen LogP contribution in [-0.4, -0.2) is 33.1 Å². The minimum absolute atomic E-state index is 0.333. The van der Waals surface area contributed by atoms with Crippen LogP contribution in [0.3, 0.4) is 0 Å². The molecule has 2 aromatic heterocycles. The van der Waals surface area contributed by atoms with Crippen molar-refractivity contribution in [2.75, 3.05) is 18.4 Å². The molecule has 1 aliphatic heterocycles. The maximum Gasteiger partial charge on any atom is 0.222 e. The molecule has 130 valence electrons. The molecule has 24 heavy (non-hydrogen) atoms. The lowest BCUT2D eigenvalue weighted by molar-refractivity contribution is 0.235. The quantitative estimate of drug-likeness (QED) is 0.834. The molecule has 3 heterocycles. The normalized spacial score (nSPS) is 18.4. The third-order valence-electron chi connectivity index (χ3n) is 4.44. The molecule has 3 rings (SSSR count). The van der Waals surface area contributed by atoms with Crippen molar-refractivity contribution in [2.45, 2.75) is 58.5 Å². The molecule has 1 atom stereocenters. The van der Waals surface area contributed by atoms with E-state index in [0.29, 0.717) is 17.9 Å². The Balaban J connectivity index is 1.65. The molecule has 0 radical (unpaired) electrons. The highest BCUT2D eigenvalue weighted by atomic mass is 16.5. The van der Waals surface area contributed by atoms with Gasteiger partial charge in [0.25, 0.3) is 0 Å². The van der Waals surface area contributed by atoms with Gasteiger partial charge in [-0.3, -0.25) is 4.90 Å². The second-order valence-corrected chi connectivity index (χ2v) is 6.78. The van der Waals surface area contributed by atoms with E-state index in [9.17, 15) is 0 Å². The number of hydrogen-bond donors (Lipinski definition) is 1. The summed E-state index contributed by atoms with van der Waals surface area (Å²) in [5, 5.41) is 7.51. The molecule has 1 N–H and O–H groups in total. The number of hydrogen-bond acceptors (Lipinski definition) is 6. The molecular formula is C18H27N5O. The van der Waals surface area contributed by atoms with Crippen LogP contribution in [0.4, 0.5) is 5.95 Å². The van der Waals surface area contributed by atoms with Crippen LogP contribution >= 0.6 is 0 Å². The van der Waals surface area contributed by atoms with E-state index in [1.807, 2.05) is 12.4 Å². The van der Waals surface area contributed by atoms with Gasteiger partial charge < -0.3 is 9.84 Å². The van der Waals surface area contributed by atoms with E-state index in [0.717, 1.165) is 49.5 Å². The summed E-state index contributed by atoms with van der Waals surface area (Å²) < 4.78 is 5.48. The van der Waals surface area contributed by atoms with Crippen molar-refractivity contribution in [1.82, 2.24) is 20.0 Å².